The number of amides is 1. The molecule has 0 bridgehead atoms. The Morgan fingerprint density at radius 1 is 1.15 bits per heavy atom. The summed E-state index contributed by atoms with van der Waals surface area (Å²) in [6, 6.07) is 0. The van der Waals surface area contributed by atoms with E-state index in [0.29, 0.717) is 0 Å². The van der Waals surface area contributed by atoms with Crippen LogP contribution >= 0.6 is 0 Å². The smallest absolute Gasteiger partial charge is 0.239 e. The van der Waals surface area contributed by atoms with E-state index in [1.165, 1.54) is 19.3 Å². The molecule has 1 fully saturated rings. The zero-order valence-electron chi connectivity index (χ0n) is 8.89. The lowest BCUT2D eigenvalue weighted by Gasteiger charge is -2.30. The third-order valence-corrected chi connectivity index (χ3v) is 2.30. The van der Waals surface area contributed by atoms with Gasteiger partial charge < -0.3 is 0 Å². The van der Waals surface area contributed by atoms with Gasteiger partial charge in [0.25, 0.3) is 0 Å². The predicted octanol–water partition coefficient (Wildman–Crippen LogP) is 1.55. The molecule has 0 aromatic heterocycles. The summed E-state index contributed by atoms with van der Waals surface area (Å²) in [6.07, 6.45) is 3.69. The first-order chi connectivity index (χ1) is 6.00. The van der Waals surface area contributed by atoms with Crippen molar-refractivity contribution >= 4 is 5.91 Å². The van der Waals surface area contributed by atoms with Crippen LogP contribution in [0.5, 0.6) is 0 Å². The van der Waals surface area contributed by atoms with Crippen molar-refractivity contribution in [2.75, 3.05) is 13.1 Å². The van der Waals surface area contributed by atoms with E-state index in [1.54, 1.807) is 0 Å². The van der Waals surface area contributed by atoms with Gasteiger partial charge in [-0.15, -0.1) is 0 Å². The lowest BCUT2D eigenvalue weighted by molar-refractivity contribution is -0.134. The minimum absolute atomic E-state index is 0.120. The molecule has 0 aromatic rings. The van der Waals surface area contributed by atoms with Gasteiger partial charge in [0.1, 0.15) is 0 Å². The van der Waals surface area contributed by atoms with E-state index in [4.69, 9.17) is 0 Å². The minimum atomic E-state index is -0.280. The first kappa shape index (κ1) is 10.5. The van der Waals surface area contributed by atoms with Crippen LogP contribution in [0.25, 0.3) is 0 Å². The summed E-state index contributed by atoms with van der Waals surface area (Å²) < 4.78 is 0. The second-order valence-electron chi connectivity index (χ2n) is 4.74. The zero-order chi connectivity index (χ0) is 9.90. The Balaban J connectivity index is 2.35. The largest absolute Gasteiger partial charge is 0.288 e. The summed E-state index contributed by atoms with van der Waals surface area (Å²) >= 11 is 0. The highest BCUT2D eigenvalue weighted by Crippen LogP contribution is 2.14. The summed E-state index contributed by atoms with van der Waals surface area (Å²) in [6.45, 7) is 7.81. The average molecular weight is 184 g/mol. The van der Waals surface area contributed by atoms with Crippen LogP contribution in [0.2, 0.25) is 0 Å². The molecule has 1 amide bonds. The second-order valence-corrected chi connectivity index (χ2v) is 4.74. The molecule has 1 aliphatic rings. The molecule has 0 spiro atoms. The van der Waals surface area contributed by atoms with Gasteiger partial charge >= 0.3 is 0 Å². The van der Waals surface area contributed by atoms with Crippen molar-refractivity contribution in [2.45, 2.75) is 40.0 Å². The van der Waals surface area contributed by atoms with Crippen LogP contribution in [-0.4, -0.2) is 24.0 Å². The highest BCUT2D eigenvalue weighted by atomic mass is 16.2. The van der Waals surface area contributed by atoms with Gasteiger partial charge in [-0.3, -0.25) is 10.2 Å². The summed E-state index contributed by atoms with van der Waals surface area (Å²) in [4.78, 5) is 11.6. The first-order valence-corrected chi connectivity index (χ1v) is 5.06. The number of nitrogens with zero attached hydrogens (tertiary/aromatic N) is 1. The van der Waals surface area contributed by atoms with Crippen LogP contribution in [0.4, 0.5) is 0 Å². The highest BCUT2D eigenvalue weighted by Gasteiger charge is 2.23. The van der Waals surface area contributed by atoms with E-state index in [9.17, 15) is 4.79 Å². The Hall–Kier alpha value is -0.570. The summed E-state index contributed by atoms with van der Waals surface area (Å²) in [7, 11) is 0. The zero-order valence-corrected chi connectivity index (χ0v) is 8.89. The van der Waals surface area contributed by atoms with Crippen LogP contribution in [0.1, 0.15) is 40.0 Å². The number of hydrogen-bond donors (Lipinski definition) is 1. The molecule has 0 unspecified atom stereocenters. The molecule has 1 rings (SSSR count). The second kappa shape index (κ2) is 4.09. The van der Waals surface area contributed by atoms with Crippen LogP contribution < -0.4 is 5.43 Å². The van der Waals surface area contributed by atoms with E-state index in [0.717, 1.165) is 13.1 Å². The van der Waals surface area contributed by atoms with E-state index in [-0.39, 0.29) is 11.3 Å². The molecule has 1 saturated heterocycles. The first-order valence-electron chi connectivity index (χ1n) is 5.06. The maximum Gasteiger partial charge on any atom is 0.239 e. The number of rotatable bonds is 1. The highest BCUT2D eigenvalue weighted by molar-refractivity contribution is 5.80. The molecular weight excluding hydrogens is 164 g/mol. The van der Waals surface area contributed by atoms with Crippen molar-refractivity contribution in [3.63, 3.8) is 0 Å². The Kier molecular flexibility index (Phi) is 3.31. The monoisotopic (exact) mass is 184 g/mol. The number of nitrogens with one attached hydrogen (secondary N) is 1. The molecule has 0 aromatic carbocycles. The normalized spacial score (nSPS) is 19.9. The molecule has 1 N–H and O–H groups in total. The van der Waals surface area contributed by atoms with Crippen molar-refractivity contribution < 1.29 is 4.79 Å². The molecule has 0 radical (unpaired) electrons. The van der Waals surface area contributed by atoms with Crippen LogP contribution in [0.3, 0.4) is 0 Å². The maximum atomic E-state index is 11.6. The quantitative estimate of drug-likeness (QED) is 0.670. The molecule has 13 heavy (non-hydrogen) atoms. The van der Waals surface area contributed by atoms with Gasteiger partial charge in [0.05, 0.1) is 0 Å². The van der Waals surface area contributed by atoms with Crippen molar-refractivity contribution in [3.8, 4) is 0 Å². The van der Waals surface area contributed by atoms with Gasteiger partial charge in [0, 0.05) is 18.5 Å². The summed E-state index contributed by atoms with van der Waals surface area (Å²) in [5, 5.41) is 2.04. The molecule has 76 valence electrons. The minimum Gasteiger partial charge on any atom is -0.288 e. The van der Waals surface area contributed by atoms with Crippen LogP contribution in [0, 0.1) is 5.41 Å². The third-order valence-electron chi connectivity index (χ3n) is 2.30. The number of hydrazine groups is 1. The van der Waals surface area contributed by atoms with Gasteiger partial charge in [0.15, 0.2) is 0 Å². The van der Waals surface area contributed by atoms with E-state index in [2.05, 4.69) is 5.43 Å². The summed E-state index contributed by atoms with van der Waals surface area (Å²) in [5.74, 6) is 0.120. The van der Waals surface area contributed by atoms with Crippen LogP contribution in [0.15, 0.2) is 0 Å². The van der Waals surface area contributed by atoms with Crippen molar-refractivity contribution in [3.05, 3.63) is 0 Å². The SMILES string of the molecule is CC(C)(C)C(=O)NN1CCCCC1. The predicted molar refractivity (Wildman–Crippen MR) is 53.0 cm³/mol. The Morgan fingerprint density at radius 2 is 1.69 bits per heavy atom. The van der Waals surface area contributed by atoms with E-state index < -0.39 is 0 Å². The number of carbonyl (C=O) groups is 1. The van der Waals surface area contributed by atoms with Gasteiger partial charge in [-0.1, -0.05) is 27.2 Å². The van der Waals surface area contributed by atoms with E-state index >= 15 is 0 Å². The van der Waals surface area contributed by atoms with Gasteiger partial charge in [-0.25, -0.2) is 5.01 Å². The molecule has 0 aliphatic carbocycles. The number of hydrogen-bond acceptors (Lipinski definition) is 2. The van der Waals surface area contributed by atoms with E-state index in [1.807, 2.05) is 25.8 Å². The number of piperidine rings is 1. The van der Waals surface area contributed by atoms with Gasteiger partial charge in [-0.05, 0) is 12.8 Å². The molecule has 3 heteroatoms. The Morgan fingerprint density at radius 3 is 2.15 bits per heavy atom. The van der Waals surface area contributed by atoms with Gasteiger partial charge in [-0.2, -0.15) is 0 Å². The molecule has 0 saturated carbocycles. The molecule has 3 nitrogen and oxygen atoms in total. The molecule has 0 atom stereocenters. The van der Waals surface area contributed by atoms with Crippen molar-refractivity contribution in [2.24, 2.45) is 5.41 Å². The maximum absolute atomic E-state index is 11.6. The summed E-state index contributed by atoms with van der Waals surface area (Å²) in [5.41, 5.74) is 2.67. The topological polar surface area (TPSA) is 32.3 Å². The number of carbonyl (C=O) groups excluding carboxylic acids is 1. The lowest BCUT2D eigenvalue weighted by Crippen LogP contribution is -2.49. The fourth-order valence-corrected chi connectivity index (χ4v) is 1.32. The standard InChI is InChI=1S/C10H20N2O/c1-10(2,3)9(13)11-12-7-5-4-6-8-12/h4-8H2,1-3H3,(H,11,13). The fourth-order valence-electron chi connectivity index (χ4n) is 1.32. The molecular formula is C10H20N2O. The Labute approximate surface area is 80.5 Å². The Bertz CT molecular complexity index is 178. The van der Waals surface area contributed by atoms with Gasteiger partial charge in [0.2, 0.25) is 5.91 Å². The third kappa shape index (κ3) is 3.35. The molecule has 1 aliphatic heterocycles. The van der Waals surface area contributed by atoms with Crippen molar-refractivity contribution in [1.29, 1.82) is 0 Å². The molecule has 1 heterocycles. The average Bonchev–Trinajstić information content (AvgIpc) is 2.04. The van der Waals surface area contributed by atoms with Crippen molar-refractivity contribution in [1.82, 2.24) is 10.4 Å². The lowest BCUT2D eigenvalue weighted by atomic mass is 9.96. The fraction of sp³-hybridized carbons (Fsp3) is 0.900. The van der Waals surface area contributed by atoms with Crippen LogP contribution in [-0.2, 0) is 4.79 Å².